The van der Waals surface area contributed by atoms with E-state index in [1.165, 1.54) is 5.69 Å². The van der Waals surface area contributed by atoms with Gasteiger partial charge in [0.15, 0.2) is 0 Å². The van der Waals surface area contributed by atoms with Gasteiger partial charge in [0, 0.05) is 44.5 Å². The van der Waals surface area contributed by atoms with Crippen LogP contribution >= 0.6 is 0 Å². The largest absolute Gasteiger partial charge is 0.497 e. The van der Waals surface area contributed by atoms with Crippen molar-refractivity contribution in [3.8, 4) is 5.75 Å². The van der Waals surface area contributed by atoms with Crippen LogP contribution in [-0.2, 0) is 0 Å². The topological polar surface area (TPSA) is 35.9 Å². The summed E-state index contributed by atoms with van der Waals surface area (Å²) < 4.78 is 5.26. The zero-order chi connectivity index (χ0) is 13.7. The van der Waals surface area contributed by atoms with Gasteiger partial charge in [-0.15, -0.1) is 0 Å². The standard InChI is InChI=1S/C15H24N2O2/c1-3-14(18)12-16-7-9-17(10-8-16)13-5-4-6-15(11-13)19-2/h4-6,11,14,18H,3,7-10,12H2,1-2H3. The van der Waals surface area contributed by atoms with Crippen LogP contribution in [0.5, 0.6) is 5.75 Å². The third-order valence-electron chi connectivity index (χ3n) is 3.73. The normalized spacial score (nSPS) is 18.4. The number of benzene rings is 1. The van der Waals surface area contributed by atoms with Gasteiger partial charge >= 0.3 is 0 Å². The summed E-state index contributed by atoms with van der Waals surface area (Å²) in [5.41, 5.74) is 1.22. The number of aliphatic hydroxyl groups is 1. The number of aliphatic hydroxyl groups excluding tert-OH is 1. The first-order chi connectivity index (χ1) is 9.22. The molecule has 1 N–H and O–H groups in total. The van der Waals surface area contributed by atoms with Gasteiger partial charge in [0.2, 0.25) is 0 Å². The van der Waals surface area contributed by atoms with Crippen molar-refractivity contribution in [1.82, 2.24) is 4.90 Å². The van der Waals surface area contributed by atoms with Crippen molar-refractivity contribution in [3.63, 3.8) is 0 Å². The quantitative estimate of drug-likeness (QED) is 0.876. The maximum absolute atomic E-state index is 9.69. The molecule has 0 amide bonds. The van der Waals surface area contributed by atoms with Crippen LogP contribution in [0.25, 0.3) is 0 Å². The number of β-amino-alcohol motifs (C(OH)–C–C–N with tert-alkyl or cyclic N) is 1. The minimum atomic E-state index is -0.191. The molecule has 0 aromatic heterocycles. The number of methoxy groups -OCH3 is 1. The van der Waals surface area contributed by atoms with E-state index in [2.05, 4.69) is 21.9 Å². The Hall–Kier alpha value is -1.26. The van der Waals surface area contributed by atoms with Gasteiger partial charge in [0.1, 0.15) is 5.75 Å². The van der Waals surface area contributed by atoms with Crippen LogP contribution in [-0.4, -0.2) is 55.9 Å². The van der Waals surface area contributed by atoms with Crippen LogP contribution in [0.15, 0.2) is 24.3 Å². The second kappa shape index (κ2) is 6.78. The van der Waals surface area contributed by atoms with Gasteiger partial charge in [-0.1, -0.05) is 13.0 Å². The van der Waals surface area contributed by atoms with E-state index in [9.17, 15) is 5.11 Å². The van der Waals surface area contributed by atoms with Crippen LogP contribution in [0.2, 0.25) is 0 Å². The number of rotatable bonds is 5. The molecule has 19 heavy (non-hydrogen) atoms. The van der Waals surface area contributed by atoms with Crippen LogP contribution in [0.4, 0.5) is 5.69 Å². The van der Waals surface area contributed by atoms with Gasteiger partial charge in [-0.05, 0) is 18.6 Å². The predicted molar refractivity (Wildman–Crippen MR) is 77.9 cm³/mol. The Bertz CT molecular complexity index is 389. The predicted octanol–water partition coefficient (Wildman–Crippen LogP) is 1.59. The molecule has 1 unspecified atom stereocenters. The van der Waals surface area contributed by atoms with Gasteiger partial charge in [-0.25, -0.2) is 0 Å². The third-order valence-corrected chi connectivity index (χ3v) is 3.73. The minimum absolute atomic E-state index is 0.191. The molecule has 0 saturated carbocycles. The second-order valence-corrected chi connectivity index (χ2v) is 5.05. The van der Waals surface area contributed by atoms with Crippen molar-refractivity contribution in [2.24, 2.45) is 0 Å². The maximum atomic E-state index is 9.69. The smallest absolute Gasteiger partial charge is 0.120 e. The fourth-order valence-corrected chi connectivity index (χ4v) is 2.42. The lowest BCUT2D eigenvalue weighted by Gasteiger charge is -2.36. The minimum Gasteiger partial charge on any atom is -0.497 e. The molecule has 1 heterocycles. The number of nitrogens with zero attached hydrogens (tertiary/aromatic N) is 2. The first-order valence-corrected chi connectivity index (χ1v) is 7.02. The van der Waals surface area contributed by atoms with E-state index in [0.29, 0.717) is 0 Å². The first kappa shape index (κ1) is 14.2. The van der Waals surface area contributed by atoms with Gasteiger partial charge in [0.05, 0.1) is 13.2 Å². The molecule has 1 aromatic rings. The molecule has 0 radical (unpaired) electrons. The van der Waals surface area contributed by atoms with E-state index in [0.717, 1.165) is 44.9 Å². The Labute approximate surface area is 115 Å². The molecule has 1 aliphatic rings. The molecule has 1 aliphatic heterocycles. The van der Waals surface area contributed by atoms with E-state index in [1.54, 1.807) is 7.11 Å². The van der Waals surface area contributed by atoms with E-state index in [4.69, 9.17) is 4.74 Å². The van der Waals surface area contributed by atoms with Crippen molar-refractivity contribution in [3.05, 3.63) is 24.3 Å². The van der Waals surface area contributed by atoms with E-state index < -0.39 is 0 Å². The van der Waals surface area contributed by atoms with Gasteiger partial charge in [-0.2, -0.15) is 0 Å². The van der Waals surface area contributed by atoms with E-state index in [1.807, 2.05) is 19.1 Å². The molecule has 0 bridgehead atoms. The average Bonchev–Trinajstić information content (AvgIpc) is 2.48. The van der Waals surface area contributed by atoms with E-state index >= 15 is 0 Å². The molecule has 106 valence electrons. The number of anilines is 1. The number of hydrogen-bond donors (Lipinski definition) is 1. The summed E-state index contributed by atoms with van der Waals surface area (Å²) >= 11 is 0. The van der Waals surface area contributed by atoms with Gasteiger partial charge < -0.3 is 14.7 Å². The highest BCUT2D eigenvalue weighted by atomic mass is 16.5. The zero-order valence-electron chi connectivity index (χ0n) is 11.9. The molecule has 2 rings (SSSR count). The Balaban J connectivity index is 1.88. The molecule has 0 spiro atoms. The molecular weight excluding hydrogens is 240 g/mol. The lowest BCUT2D eigenvalue weighted by Crippen LogP contribution is -2.48. The summed E-state index contributed by atoms with van der Waals surface area (Å²) in [5, 5.41) is 9.69. The Morgan fingerprint density at radius 2 is 2.00 bits per heavy atom. The van der Waals surface area contributed by atoms with Crippen molar-refractivity contribution in [2.75, 3.05) is 44.7 Å². The molecule has 1 aromatic carbocycles. The van der Waals surface area contributed by atoms with Crippen molar-refractivity contribution in [1.29, 1.82) is 0 Å². The van der Waals surface area contributed by atoms with Gasteiger partial charge in [0.25, 0.3) is 0 Å². The van der Waals surface area contributed by atoms with Crippen LogP contribution in [0.3, 0.4) is 0 Å². The molecule has 1 saturated heterocycles. The fraction of sp³-hybridized carbons (Fsp3) is 0.600. The van der Waals surface area contributed by atoms with Crippen LogP contribution in [0.1, 0.15) is 13.3 Å². The first-order valence-electron chi connectivity index (χ1n) is 7.02. The summed E-state index contributed by atoms with van der Waals surface area (Å²) in [6, 6.07) is 8.20. The van der Waals surface area contributed by atoms with Crippen molar-refractivity contribution < 1.29 is 9.84 Å². The highest BCUT2D eigenvalue weighted by molar-refractivity contribution is 5.51. The summed E-state index contributed by atoms with van der Waals surface area (Å²) in [6.45, 7) is 6.84. The molecule has 0 aliphatic carbocycles. The van der Waals surface area contributed by atoms with Gasteiger partial charge in [-0.3, -0.25) is 4.90 Å². The highest BCUT2D eigenvalue weighted by Gasteiger charge is 2.18. The molecule has 4 nitrogen and oxygen atoms in total. The molecular formula is C15H24N2O2. The Kier molecular flexibility index (Phi) is 5.05. The summed E-state index contributed by atoms with van der Waals surface area (Å²) in [4.78, 5) is 4.71. The lowest BCUT2D eigenvalue weighted by atomic mass is 10.2. The van der Waals surface area contributed by atoms with Crippen molar-refractivity contribution in [2.45, 2.75) is 19.4 Å². The molecule has 4 heteroatoms. The summed E-state index contributed by atoms with van der Waals surface area (Å²) in [7, 11) is 1.70. The fourth-order valence-electron chi connectivity index (χ4n) is 2.42. The Morgan fingerprint density at radius 3 is 2.63 bits per heavy atom. The number of piperazine rings is 1. The maximum Gasteiger partial charge on any atom is 0.120 e. The van der Waals surface area contributed by atoms with E-state index in [-0.39, 0.29) is 6.10 Å². The summed E-state index contributed by atoms with van der Waals surface area (Å²) in [5.74, 6) is 0.904. The average molecular weight is 264 g/mol. The molecule has 1 atom stereocenters. The highest BCUT2D eigenvalue weighted by Crippen LogP contribution is 2.22. The van der Waals surface area contributed by atoms with Crippen molar-refractivity contribution >= 4 is 5.69 Å². The third kappa shape index (κ3) is 3.85. The van der Waals surface area contributed by atoms with Crippen LogP contribution < -0.4 is 9.64 Å². The second-order valence-electron chi connectivity index (χ2n) is 5.05. The van der Waals surface area contributed by atoms with Crippen LogP contribution in [0, 0.1) is 0 Å². The lowest BCUT2D eigenvalue weighted by molar-refractivity contribution is 0.106. The SMILES string of the molecule is CCC(O)CN1CCN(c2cccc(OC)c2)CC1. The summed E-state index contributed by atoms with van der Waals surface area (Å²) in [6.07, 6.45) is 0.638. The Morgan fingerprint density at radius 1 is 1.26 bits per heavy atom. The number of hydrogen-bond acceptors (Lipinski definition) is 4. The number of ether oxygens (including phenoxy) is 1. The zero-order valence-corrected chi connectivity index (χ0v) is 11.9. The molecule has 1 fully saturated rings. The monoisotopic (exact) mass is 264 g/mol.